The number of imidazole rings is 1. The van der Waals surface area contributed by atoms with Crippen molar-refractivity contribution in [2.75, 3.05) is 0 Å². The van der Waals surface area contributed by atoms with Crippen molar-refractivity contribution in [3.05, 3.63) is 18.2 Å². The summed E-state index contributed by atoms with van der Waals surface area (Å²) in [6.45, 7) is 7.41. The molecule has 0 saturated heterocycles. The number of rotatable bonds is 4. The van der Waals surface area contributed by atoms with Gasteiger partial charge in [0.05, 0.1) is 23.0 Å². The highest BCUT2D eigenvalue weighted by atomic mass is 32.2. The van der Waals surface area contributed by atoms with Crippen molar-refractivity contribution < 1.29 is 8.42 Å². The van der Waals surface area contributed by atoms with Gasteiger partial charge >= 0.3 is 0 Å². The summed E-state index contributed by atoms with van der Waals surface area (Å²) in [7, 11) is -3.04. The molecule has 5 heteroatoms. The highest BCUT2D eigenvalue weighted by molar-refractivity contribution is 7.91. The van der Waals surface area contributed by atoms with Gasteiger partial charge in [-0.05, 0) is 27.7 Å². The standard InChI is InChI=1S/C10H18N2O2S/c1-8(2)12-7-11-5-10(12)6-15(13,14)9(3)4/h5,7-9H,6H2,1-4H3. The number of nitrogens with zero attached hydrogens (tertiary/aromatic N) is 2. The molecule has 0 aliphatic rings. The Bertz CT molecular complexity index is 418. The summed E-state index contributed by atoms with van der Waals surface area (Å²) < 4.78 is 25.4. The largest absolute Gasteiger partial charge is 0.331 e. The predicted octanol–water partition coefficient (Wildman–Crippen LogP) is 1.79. The van der Waals surface area contributed by atoms with Gasteiger partial charge < -0.3 is 4.57 Å². The first-order valence-corrected chi connectivity index (χ1v) is 6.78. The van der Waals surface area contributed by atoms with Crippen LogP contribution in [0.3, 0.4) is 0 Å². The smallest absolute Gasteiger partial charge is 0.158 e. The van der Waals surface area contributed by atoms with Gasteiger partial charge in [0.1, 0.15) is 0 Å². The second-order valence-electron chi connectivity index (χ2n) is 4.24. The van der Waals surface area contributed by atoms with Gasteiger partial charge in [-0.3, -0.25) is 0 Å². The summed E-state index contributed by atoms with van der Waals surface area (Å²) in [6.07, 6.45) is 3.30. The number of hydrogen-bond acceptors (Lipinski definition) is 3. The molecule has 86 valence electrons. The van der Waals surface area contributed by atoms with Crippen molar-refractivity contribution in [3.63, 3.8) is 0 Å². The maximum atomic E-state index is 11.7. The summed E-state index contributed by atoms with van der Waals surface area (Å²) in [6, 6.07) is 0.241. The first-order valence-electron chi connectivity index (χ1n) is 5.07. The van der Waals surface area contributed by atoms with Gasteiger partial charge in [-0.15, -0.1) is 0 Å². The summed E-state index contributed by atoms with van der Waals surface area (Å²) in [5.41, 5.74) is 0.763. The van der Waals surface area contributed by atoms with Gasteiger partial charge in [0.2, 0.25) is 0 Å². The van der Waals surface area contributed by atoms with Gasteiger partial charge in [-0.2, -0.15) is 0 Å². The first kappa shape index (κ1) is 12.2. The molecule has 0 aliphatic heterocycles. The van der Waals surface area contributed by atoms with Gasteiger partial charge in [-0.25, -0.2) is 13.4 Å². The van der Waals surface area contributed by atoms with E-state index in [0.717, 1.165) is 5.69 Å². The molecule has 4 nitrogen and oxygen atoms in total. The minimum absolute atomic E-state index is 0.0723. The minimum atomic E-state index is -3.04. The van der Waals surface area contributed by atoms with Gasteiger partial charge in [-0.1, -0.05) is 0 Å². The van der Waals surface area contributed by atoms with Crippen LogP contribution >= 0.6 is 0 Å². The van der Waals surface area contributed by atoms with Gasteiger partial charge in [0.25, 0.3) is 0 Å². The Labute approximate surface area is 91.3 Å². The molecule has 1 aromatic heterocycles. The van der Waals surface area contributed by atoms with E-state index in [1.165, 1.54) is 0 Å². The van der Waals surface area contributed by atoms with E-state index in [1.54, 1.807) is 26.4 Å². The fourth-order valence-electron chi connectivity index (χ4n) is 1.28. The van der Waals surface area contributed by atoms with E-state index < -0.39 is 9.84 Å². The van der Waals surface area contributed by atoms with Crippen LogP contribution < -0.4 is 0 Å². The lowest BCUT2D eigenvalue weighted by atomic mass is 10.4. The molecule has 0 bridgehead atoms. The van der Waals surface area contributed by atoms with E-state index in [1.807, 2.05) is 18.4 Å². The summed E-state index contributed by atoms with van der Waals surface area (Å²) in [4.78, 5) is 3.99. The third kappa shape index (κ3) is 2.81. The molecule has 1 aromatic rings. The van der Waals surface area contributed by atoms with E-state index in [0.29, 0.717) is 0 Å². The van der Waals surface area contributed by atoms with Crippen LogP contribution in [0.2, 0.25) is 0 Å². The van der Waals surface area contributed by atoms with Crippen LogP contribution in [-0.2, 0) is 15.6 Å². The van der Waals surface area contributed by atoms with Crippen LogP contribution in [0.5, 0.6) is 0 Å². The van der Waals surface area contributed by atoms with Crippen LogP contribution in [0, 0.1) is 0 Å². The van der Waals surface area contributed by atoms with Gasteiger partial charge in [0, 0.05) is 12.2 Å². The van der Waals surface area contributed by atoms with Gasteiger partial charge in [0.15, 0.2) is 9.84 Å². The quantitative estimate of drug-likeness (QED) is 0.792. The molecule has 0 unspecified atom stereocenters. The van der Waals surface area contributed by atoms with Crippen LogP contribution in [0.4, 0.5) is 0 Å². The van der Waals surface area contributed by atoms with Crippen molar-refractivity contribution in [1.82, 2.24) is 9.55 Å². The Kier molecular flexibility index (Phi) is 3.54. The average Bonchev–Trinajstić information content (AvgIpc) is 2.51. The molecule has 0 aromatic carbocycles. The fourth-order valence-corrected chi connectivity index (χ4v) is 2.25. The number of hydrogen-bond donors (Lipinski definition) is 0. The first-order chi connectivity index (χ1) is 6.84. The molecular formula is C10H18N2O2S. The Morgan fingerprint density at radius 3 is 2.40 bits per heavy atom. The van der Waals surface area contributed by atoms with Crippen molar-refractivity contribution >= 4 is 9.84 Å². The lowest BCUT2D eigenvalue weighted by Crippen LogP contribution is -2.18. The maximum Gasteiger partial charge on any atom is 0.158 e. The second kappa shape index (κ2) is 4.35. The number of aromatic nitrogens is 2. The second-order valence-corrected chi connectivity index (χ2v) is 6.80. The van der Waals surface area contributed by atoms with Crippen LogP contribution in [0.15, 0.2) is 12.5 Å². The Morgan fingerprint density at radius 2 is 1.93 bits per heavy atom. The SMILES string of the molecule is CC(C)n1cncc1CS(=O)(=O)C(C)C. The van der Waals surface area contributed by atoms with Crippen LogP contribution in [0.1, 0.15) is 39.4 Å². The summed E-state index contributed by atoms with van der Waals surface area (Å²) >= 11 is 0. The highest BCUT2D eigenvalue weighted by Crippen LogP contribution is 2.14. The van der Waals surface area contributed by atoms with Crippen molar-refractivity contribution in [1.29, 1.82) is 0 Å². The van der Waals surface area contributed by atoms with Crippen LogP contribution in [0.25, 0.3) is 0 Å². The Balaban J connectivity index is 2.95. The molecule has 1 heterocycles. The molecule has 0 saturated carbocycles. The third-order valence-corrected chi connectivity index (χ3v) is 4.50. The topological polar surface area (TPSA) is 52.0 Å². The third-order valence-electron chi connectivity index (χ3n) is 2.37. The van der Waals surface area contributed by atoms with Crippen molar-refractivity contribution in [2.45, 2.75) is 44.7 Å². The minimum Gasteiger partial charge on any atom is -0.331 e. The fraction of sp³-hybridized carbons (Fsp3) is 0.700. The van der Waals surface area contributed by atoms with E-state index >= 15 is 0 Å². The molecule has 0 N–H and O–H groups in total. The van der Waals surface area contributed by atoms with E-state index in [2.05, 4.69) is 4.98 Å². The zero-order valence-electron chi connectivity index (χ0n) is 9.64. The molecular weight excluding hydrogens is 212 g/mol. The molecule has 0 atom stereocenters. The molecule has 1 rings (SSSR count). The summed E-state index contributed by atoms with van der Waals surface area (Å²) in [5, 5.41) is -0.340. The normalized spacial score (nSPS) is 12.7. The molecule has 0 aliphatic carbocycles. The molecule has 0 amide bonds. The highest BCUT2D eigenvalue weighted by Gasteiger charge is 2.19. The van der Waals surface area contributed by atoms with E-state index in [9.17, 15) is 8.42 Å². The molecule has 0 radical (unpaired) electrons. The lowest BCUT2D eigenvalue weighted by Gasteiger charge is -2.13. The van der Waals surface area contributed by atoms with Crippen LogP contribution in [-0.4, -0.2) is 23.2 Å². The van der Waals surface area contributed by atoms with E-state index in [-0.39, 0.29) is 17.0 Å². The molecule has 0 fully saturated rings. The average molecular weight is 230 g/mol. The Morgan fingerprint density at radius 1 is 1.33 bits per heavy atom. The lowest BCUT2D eigenvalue weighted by molar-refractivity contribution is 0.566. The predicted molar refractivity (Wildman–Crippen MR) is 60.4 cm³/mol. The van der Waals surface area contributed by atoms with Crippen molar-refractivity contribution in [2.24, 2.45) is 0 Å². The molecule has 15 heavy (non-hydrogen) atoms. The monoisotopic (exact) mass is 230 g/mol. The van der Waals surface area contributed by atoms with Crippen molar-refractivity contribution in [3.8, 4) is 0 Å². The maximum absolute atomic E-state index is 11.7. The zero-order chi connectivity index (χ0) is 11.6. The van der Waals surface area contributed by atoms with E-state index in [4.69, 9.17) is 0 Å². The zero-order valence-corrected chi connectivity index (χ0v) is 10.5. The molecule has 0 spiro atoms. The summed E-state index contributed by atoms with van der Waals surface area (Å²) in [5.74, 6) is 0.0723. The Hall–Kier alpha value is -0.840. The number of sulfone groups is 1.